The molecule has 2 aromatic carbocycles. The van der Waals surface area contributed by atoms with Gasteiger partial charge in [-0.1, -0.05) is 35.9 Å². The summed E-state index contributed by atoms with van der Waals surface area (Å²) in [5.74, 6) is -0.124. The number of hydrogen-bond donors (Lipinski definition) is 2. The zero-order valence-corrected chi connectivity index (χ0v) is 14.4. The summed E-state index contributed by atoms with van der Waals surface area (Å²) in [6.07, 6.45) is 2.21. The van der Waals surface area contributed by atoms with Crippen molar-refractivity contribution in [3.05, 3.63) is 65.9 Å². The van der Waals surface area contributed by atoms with Crippen LogP contribution < -0.4 is 10.6 Å². The van der Waals surface area contributed by atoms with Gasteiger partial charge >= 0.3 is 0 Å². The molecule has 0 unspecified atom stereocenters. The minimum absolute atomic E-state index is 0.0608. The minimum Gasteiger partial charge on any atom is -0.358 e. The van der Waals surface area contributed by atoms with Crippen molar-refractivity contribution in [2.45, 2.75) is 19.9 Å². The molecule has 0 radical (unpaired) electrons. The smallest absolute Gasteiger partial charge is 0.239 e. The molecule has 0 saturated heterocycles. The summed E-state index contributed by atoms with van der Waals surface area (Å²) in [5, 5.41) is 6.58. The topological polar surface area (TPSA) is 63.1 Å². The average molecular weight is 335 g/mol. The second-order valence-corrected chi connectivity index (χ2v) is 6.10. The summed E-state index contributed by atoms with van der Waals surface area (Å²) in [6.45, 7) is 2.26. The van der Waals surface area contributed by atoms with Gasteiger partial charge in [0.1, 0.15) is 6.54 Å². The number of amides is 2. The first kappa shape index (κ1) is 16.8. The first-order valence-electron chi connectivity index (χ1n) is 8.20. The van der Waals surface area contributed by atoms with E-state index in [4.69, 9.17) is 0 Å². The van der Waals surface area contributed by atoms with Crippen molar-refractivity contribution in [1.29, 1.82) is 0 Å². The molecule has 3 aromatic rings. The summed E-state index contributed by atoms with van der Waals surface area (Å²) < 4.78 is 1.87. The van der Waals surface area contributed by atoms with E-state index in [1.165, 1.54) is 0 Å². The van der Waals surface area contributed by atoms with Crippen LogP contribution in [0.25, 0.3) is 10.9 Å². The Hall–Kier alpha value is -3.08. The number of aromatic nitrogens is 1. The van der Waals surface area contributed by atoms with Gasteiger partial charge in [0.25, 0.3) is 0 Å². The predicted molar refractivity (Wildman–Crippen MR) is 99.5 cm³/mol. The van der Waals surface area contributed by atoms with E-state index in [0.29, 0.717) is 6.42 Å². The summed E-state index contributed by atoms with van der Waals surface area (Å²) in [4.78, 5) is 23.9. The summed E-state index contributed by atoms with van der Waals surface area (Å²) in [5.41, 5.74) is 3.76. The fourth-order valence-corrected chi connectivity index (χ4v) is 2.85. The van der Waals surface area contributed by atoms with E-state index in [0.717, 1.165) is 27.7 Å². The Bertz CT molecular complexity index is 928. The third kappa shape index (κ3) is 4.07. The maximum atomic E-state index is 12.3. The Labute approximate surface area is 146 Å². The van der Waals surface area contributed by atoms with E-state index >= 15 is 0 Å². The molecule has 1 heterocycles. The normalized spacial score (nSPS) is 10.6. The number of fused-ring (bicyclic) bond motifs is 1. The van der Waals surface area contributed by atoms with E-state index in [1.807, 2.05) is 66.2 Å². The number of carbonyl (C=O) groups excluding carboxylic acids is 2. The standard InChI is InChI=1S/C20H21N3O2/c1-14-4-3-5-15(10-14)11-19(24)22-17-7-6-16-8-9-23(18(16)12-17)13-20(25)21-2/h3-10,12H,11,13H2,1-2H3,(H,21,25)(H,22,24). The highest BCUT2D eigenvalue weighted by Crippen LogP contribution is 2.21. The van der Waals surface area contributed by atoms with Gasteiger partial charge in [0.05, 0.1) is 11.9 Å². The fourth-order valence-electron chi connectivity index (χ4n) is 2.85. The van der Waals surface area contributed by atoms with Crippen LogP contribution in [0.4, 0.5) is 5.69 Å². The molecule has 128 valence electrons. The molecule has 0 bridgehead atoms. The molecule has 0 aliphatic heterocycles. The van der Waals surface area contributed by atoms with Crippen molar-refractivity contribution in [2.75, 3.05) is 12.4 Å². The van der Waals surface area contributed by atoms with E-state index in [1.54, 1.807) is 7.05 Å². The summed E-state index contributed by atoms with van der Waals surface area (Å²) in [6, 6.07) is 15.6. The number of hydrogen-bond acceptors (Lipinski definition) is 2. The summed E-state index contributed by atoms with van der Waals surface area (Å²) in [7, 11) is 1.62. The number of rotatable bonds is 5. The predicted octanol–water partition coefficient (Wildman–Crippen LogP) is 2.88. The van der Waals surface area contributed by atoms with Crippen molar-refractivity contribution in [3.63, 3.8) is 0 Å². The van der Waals surface area contributed by atoms with Crippen LogP contribution in [0, 0.1) is 6.92 Å². The Kier molecular flexibility index (Phi) is 4.84. The van der Waals surface area contributed by atoms with Crippen LogP contribution in [0.2, 0.25) is 0 Å². The van der Waals surface area contributed by atoms with Crippen molar-refractivity contribution >= 4 is 28.4 Å². The molecular weight excluding hydrogens is 314 g/mol. The van der Waals surface area contributed by atoms with Gasteiger partial charge in [-0.05, 0) is 36.1 Å². The van der Waals surface area contributed by atoms with Crippen LogP contribution in [0.1, 0.15) is 11.1 Å². The Morgan fingerprint density at radius 1 is 1.04 bits per heavy atom. The van der Waals surface area contributed by atoms with Gasteiger partial charge in [0, 0.05) is 18.9 Å². The SMILES string of the molecule is CNC(=O)Cn1ccc2ccc(NC(=O)Cc3cccc(C)c3)cc21. The van der Waals surface area contributed by atoms with Crippen molar-refractivity contribution in [1.82, 2.24) is 9.88 Å². The maximum absolute atomic E-state index is 12.3. The lowest BCUT2D eigenvalue weighted by Crippen LogP contribution is -2.23. The van der Waals surface area contributed by atoms with Crippen LogP contribution in [0.15, 0.2) is 54.7 Å². The van der Waals surface area contributed by atoms with Crippen LogP contribution >= 0.6 is 0 Å². The zero-order chi connectivity index (χ0) is 17.8. The highest BCUT2D eigenvalue weighted by atomic mass is 16.2. The van der Waals surface area contributed by atoms with Gasteiger partial charge in [-0.2, -0.15) is 0 Å². The number of carbonyl (C=O) groups is 2. The quantitative estimate of drug-likeness (QED) is 0.753. The van der Waals surface area contributed by atoms with E-state index in [2.05, 4.69) is 10.6 Å². The largest absolute Gasteiger partial charge is 0.358 e. The number of anilines is 1. The number of benzene rings is 2. The van der Waals surface area contributed by atoms with Crippen LogP contribution in [0.5, 0.6) is 0 Å². The molecule has 0 fully saturated rings. The minimum atomic E-state index is -0.0635. The highest BCUT2D eigenvalue weighted by molar-refractivity contribution is 5.95. The Morgan fingerprint density at radius 2 is 1.88 bits per heavy atom. The first-order chi connectivity index (χ1) is 12.0. The number of nitrogens with zero attached hydrogens (tertiary/aromatic N) is 1. The molecule has 2 N–H and O–H groups in total. The molecule has 3 rings (SSSR count). The molecule has 0 spiro atoms. The van der Waals surface area contributed by atoms with Gasteiger partial charge in [0.2, 0.25) is 11.8 Å². The van der Waals surface area contributed by atoms with Crippen molar-refractivity contribution in [2.24, 2.45) is 0 Å². The van der Waals surface area contributed by atoms with Crippen LogP contribution in [-0.4, -0.2) is 23.4 Å². The number of likely N-dealkylation sites (N-methyl/N-ethyl adjacent to an activating group) is 1. The van der Waals surface area contributed by atoms with Crippen LogP contribution in [-0.2, 0) is 22.6 Å². The molecule has 1 aromatic heterocycles. The van der Waals surface area contributed by atoms with E-state index < -0.39 is 0 Å². The molecule has 25 heavy (non-hydrogen) atoms. The molecule has 2 amide bonds. The third-order valence-corrected chi connectivity index (χ3v) is 4.10. The van der Waals surface area contributed by atoms with E-state index in [-0.39, 0.29) is 18.4 Å². The lowest BCUT2D eigenvalue weighted by molar-refractivity contribution is -0.121. The second kappa shape index (κ2) is 7.21. The molecule has 0 aliphatic rings. The maximum Gasteiger partial charge on any atom is 0.239 e. The second-order valence-electron chi connectivity index (χ2n) is 6.10. The lowest BCUT2D eigenvalue weighted by atomic mass is 10.1. The first-order valence-corrected chi connectivity index (χ1v) is 8.20. The highest BCUT2D eigenvalue weighted by Gasteiger charge is 2.08. The monoisotopic (exact) mass is 335 g/mol. The van der Waals surface area contributed by atoms with Gasteiger partial charge in [0.15, 0.2) is 0 Å². The van der Waals surface area contributed by atoms with Gasteiger partial charge in [-0.3, -0.25) is 9.59 Å². The molecular formula is C20H21N3O2. The van der Waals surface area contributed by atoms with E-state index in [9.17, 15) is 9.59 Å². The molecule has 0 atom stereocenters. The van der Waals surface area contributed by atoms with Crippen molar-refractivity contribution < 1.29 is 9.59 Å². The van der Waals surface area contributed by atoms with Crippen LogP contribution in [0.3, 0.4) is 0 Å². The van der Waals surface area contributed by atoms with Crippen molar-refractivity contribution in [3.8, 4) is 0 Å². The zero-order valence-electron chi connectivity index (χ0n) is 14.4. The third-order valence-electron chi connectivity index (χ3n) is 4.10. The van der Waals surface area contributed by atoms with Gasteiger partial charge in [-0.15, -0.1) is 0 Å². The average Bonchev–Trinajstić information content (AvgIpc) is 2.97. The molecule has 5 nitrogen and oxygen atoms in total. The number of nitrogens with one attached hydrogen (secondary N) is 2. The summed E-state index contributed by atoms with van der Waals surface area (Å²) >= 11 is 0. The van der Waals surface area contributed by atoms with Gasteiger partial charge < -0.3 is 15.2 Å². The molecule has 0 aliphatic carbocycles. The number of aryl methyl sites for hydroxylation is 1. The Morgan fingerprint density at radius 3 is 2.64 bits per heavy atom. The van der Waals surface area contributed by atoms with Gasteiger partial charge in [-0.25, -0.2) is 0 Å². The molecule has 0 saturated carbocycles. The molecule has 5 heteroatoms. The lowest BCUT2D eigenvalue weighted by Gasteiger charge is -2.08. The fraction of sp³-hybridized carbons (Fsp3) is 0.200. The Balaban J connectivity index is 1.75.